The molecule has 5 heteroatoms. The van der Waals surface area contributed by atoms with Gasteiger partial charge in [-0.05, 0) is 50.3 Å². The molecule has 0 bridgehead atoms. The molecule has 5 nitrogen and oxygen atoms in total. The minimum atomic E-state index is -0.0634. The second-order valence-electron chi connectivity index (χ2n) is 8.31. The number of hydrogen-bond donors (Lipinski definition) is 1. The number of carbonyl (C=O) groups is 1. The first-order valence-corrected chi connectivity index (χ1v) is 11.0. The molecule has 0 unspecified atom stereocenters. The lowest BCUT2D eigenvalue weighted by molar-refractivity contribution is 0.0273. The largest absolute Gasteiger partial charge is 0.467 e. The summed E-state index contributed by atoms with van der Waals surface area (Å²) in [6.07, 6.45) is 10.2. The van der Waals surface area contributed by atoms with Gasteiger partial charge in [0.15, 0.2) is 0 Å². The summed E-state index contributed by atoms with van der Waals surface area (Å²) >= 11 is 0. The molecule has 1 aliphatic heterocycles. The second kappa shape index (κ2) is 9.49. The third-order valence-corrected chi connectivity index (χ3v) is 6.16. The van der Waals surface area contributed by atoms with Crippen LogP contribution in [0.1, 0.15) is 67.1 Å². The van der Waals surface area contributed by atoms with Crippen molar-refractivity contribution in [2.75, 3.05) is 18.1 Å². The number of amides is 1. The number of nitrogens with zero attached hydrogens (tertiary/aromatic N) is 1. The minimum Gasteiger partial charge on any atom is -0.467 e. The van der Waals surface area contributed by atoms with Gasteiger partial charge in [-0.25, -0.2) is 0 Å². The van der Waals surface area contributed by atoms with Crippen LogP contribution in [0.25, 0.3) is 0 Å². The number of ether oxygens (including phenoxy) is 1. The van der Waals surface area contributed by atoms with Crippen molar-refractivity contribution in [3.63, 3.8) is 0 Å². The Morgan fingerprint density at radius 1 is 1.21 bits per heavy atom. The SMILES string of the molecule is C[C@@H]1Cc2ccccc2N1Cc1occc1C(=O)NCCCOC1CCCCC1. The summed E-state index contributed by atoms with van der Waals surface area (Å²) in [6.45, 7) is 4.16. The number of furan rings is 1. The van der Waals surface area contributed by atoms with Crippen molar-refractivity contribution >= 4 is 11.6 Å². The quantitative estimate of drug-likeness (QED) is 0.657. The summed E-state index contributed by atoms with van der Waals surface area (Å²) < 4.78 is 11.6. The van der Waals surface area contributed by atoms with Crippen LogP contribution in [0.15, 0.2) is 41.0 Å². The fraction of sp³-hybridized carbons (Fsp3) is 0.542. The smallest absolute Gasteiger partial charge is 0.254 e. The van der Waals surface area contributed by atoms with Crippen LogP contribution >= 0.6 is 0 Å². The van der Waals surface area contributed by atoms with Crippen LogP contribution in [0.3, 0.4) is 0 Å². The van der Waals surface area contributed by atoms with E-state index in [4.69, 9.17) is 9.15 Å². The van der Waals surface area contributed by atoms with Gasteiger partial charge in [0.05, 0.1) is 24.5 Å². The van der Waals surface area contributed by atoms with Crippen LogP contribution in [-0.2, 0) is 17.7 Å². The monoisotopic (exact) mass is 396 g/mol. The molecular formula is C24H32N2O3. The summed E-state index contributed by atoms with van der Waals surface area (Å²) in [5, 5.41) is 3.02. The first-order valence-electron chi connectivity index (χ1n) is 11.0. The van der Waals surface area contributed by atoms with E-state index in [0.29, 0.717) is 37.4 Å². The van der Waals surface area contributed by atoms with Gasteiger partial charge < -0.3 is 19.4 Å². The molecule has 1 N–H and O–H groups in total. The maximum Gasteiger partial charge on any atom is 0.254 e. The zero-order valence-electron chi connectivity index (χ0n) is 17.4. The Hall–Kier alpha value is -2.27. The van der Waals surface area contributed by atoms with Crippen LogP contribution in [0.4, 0.5) is 5.69 Å². The maximum absolute atomic E-state index is 12.7. The van der Waals surface area contributed by atoms with Crippen LogP contribution in [0, 0.1) is 0 Å². The van der Waals surface area contributed by atoms with Crippen LogP contribution < -0.4 is 10.2 Å². The fourth-order valence-electron chi connectivity index (χ4n) is 4.54. The van der Waals surface area contributed by atoms with Crippen molar-refractivity contribution in [1.82, 2.24) is 5.32 Å². The lowest BCUT2D eigenvalue weighted by Crippen LogP contribution is -2.31. The van der Waals surface area contributed by atoms with Crippen LogP contribution in [0.5, 0.6) is 0 Å². The summed E-state index contributed by atoms with van der Waals surface area (Å²) in [5.41, 5.74) is 3.23. The molecular weight excluding hydrogens is 364 g/mol. The molecule has 2 aliphatic rings. The molecule has 1 atom stereocenters. The molecule has 29 heavy (non-hydrogen) atoms. The molecule has 156 valence electrons. The van der Waals surface area contributed by atoms with Gasteiger partial charge in [-0.15, -0.1) is 0 Å². The Morgan fingerprint density at radius 2 is 2.03 bits per heavy atom. The normalized spacial score (nSPS) is 19.3. The number of hydrogen-bond acceptors (Lipinski definition) is 4. The number of para-hydroxylation sites is 1. The van der Waals surface area contributed by atoms with E-state index in [9.17, 15) is 4.79 Å². The van der Waals surface area contributed by atoms with E-state index in [0.717, 1.165) is 18.6 Å². The highest BCUT2D eigenvalue weighted by Gasteiger charge is 2.27. The average molecular weight is 397 g/mol. The summed E-state index contributed by atoms with van der Waals surface area (Å²) in [7, 11) is 0. The summed E-state index contributed by atoms with van der Waals surface area (Å²) in [6, 6.07) is 10.6. The lowest BCUT2D eigenvalue weighted by Gasteiger charge is -2.24. The fourth-order valence-corrected chi connectivity index (χ4v) is 4.54. The Labute approximate surface area is 173 Å². The molecule has 1 aromatic carbocycles. The molecule has 2 aromatic rings. The van der Waals surface area contributed by atoms with Gasteiger partial charge in [0.25, 0.3) is 5.91 Å². The zero-order chi connectivity index (χ0) is 20.1. The maximum atomic E-state index is 12.7. The third kappa shape index (κ3) is 4.84. The summed E-state index contributed by atoms with van der Waals surface area (Å²) in [5.74, 6) is 0.663. The van der Waals surface area contributed by atoms with Gasteiger partial charge >= 0.3 is 0 Å². The van der Waals surface area contributed by atoms with Crippen LogP contribution in [0.2, 0.25) is 0 Å². The van der Waals surface area contributed by atoms with E-state index in [-0.39, 0.29) is 5.91 Å². The Morgan fingerprint density at radius 3 is 2.90 bits per heavy atom. The number of benzene rings is 1. The van der Waals surface area contributed by atoms with Gasteiger partial charge in [0.2, 0.25) is 0 Å². The first kappa shape index (κ1) is 20.0. The van der Waals surface area contributed by atoms with Gasteiger partial charge in [0, 0.05) is 24.9 Å². The third-order valence-electron chi connectivity index (χ3n) is 6.16. The lowest BCUT2D eigenvalue weighted by atomic mass is 9.98. The second-order valence-corrected chi connectivity index (χ2v) is 8.31. The number of nitrogens with one attached hydrogen (secondary N) is 1. The van der Waals surface area contributed by atoms with E-state index in [1.54, 1.807) is 12.3 Å². The van der Waals surface area contributed by atoms with Crippen molar-refractivity contribution < 1.29 is 13.9 Å². The Kier molecular flexibility index (Phi) is 6.55. The van der Waals surface area contributed by atoms with Gasteiger partial charge in [-0.3, -0.25) is 4.79 Å². The van der Waals surface area contributed by atoms with Crippen molar-refractivity contribution in [2.24, 2.45) is 0 Å². The molecule has 2 heterocycles. The van der Waals surface area contributed by atoms with E-state index >= 15 is 0 Å². The average Bonchev–Trinajstić information content (AvgIpc) is 3.33. The highest BCUT2D eigenvalue weighted by molar-refractivity contribution is 5.95. The molecule has 1 fully saturated rings. The van der Waals surface area contributed by atoms with E-state index in [1.807, 2.05) is 0 Å². The highest BCUT2D eigenvalue weighted by Crippen LogP contribution is 2.33. The Balaban J connectivity index is 1.27. The molecule has 0 spiro atoms. The molecule has 1 amide bonds. The number of carbonyl (C=O) groups excluding carboxylic acids is 1. The van der Waals surface area contributed by atoms with Crippen molar-refractivity contribution in [2.45, 2.75) is 70.6 Å². The Bertz CT molecular complexity index is 810. The topological polar surface area (TPSA) is 54.7 Å². The van der Waals surface area contributed by atoms with Crippen molar-refractivity contribution in [3.8, 4) is 0 Å². The molecule has 0 radical (unpaired) electrons. The van der Waals surface area contributed by atoms with Crippen molar-refractivity contribution in [1.29, 1.82) is 0 Å². The number of anilines is 1. The molecule has 1 saturated carbocycles. The van der Waals surface area contributed by atoms with Gasteiger partial charge in [-0.2, -0.15) is 0 Å². The zero-order valence-corrected chi connectivity index (χ0v) is 17.4. The predicted octanol–water partition coefficient (Wildman–Crippen LogP) is 4.70. The van der Waals surface area contributed by atoms with E-state index in [2.05, 4.69) is 41.4 Å². The van der Waals surface area contributed by atoms with Crippen molar-refractivity contribution in [3.05, 3.63) is 53.5 Å². The predicted molar refractivity (Wildman–Crippen MR) is 114 cm³/mol. The van der Waals surface area contributed by atoms with Crippen LogP contribution in [-0.4, -0.2) is 31.2 Å². The molecule has 1 aliphatic carbocycles. The van der Waals surface area contributed by atoms with Gasteiger partial charge in [-0.1, -0.05) is 37.5 Å². The standard InChI is InChI=1S/C24H32N2O3/c1-18-16-19-8-5-6-11-22(19)26(18)17-23-21(12-15-29-23)24(27)25-13-7-14-28-20-9-3-2-4-10-20/h5-6,8,11-12,15,18,20H,2-4,7,9-10,13-14,16-17H2,1H3,(H,25,27)/t18-/m1/s1. The minimum absolute atomic E-state index is 0.0634. The molecule has 4 rings (SSSR count). The highest BCUT2D eigenvalue weighted by atomic mass is 16.5. The van der Waals surface area contributed by atoms with E-state index in [1.165, 1.54) is 43.4 Å². The molecule has 0 saturated heterocycles. The van der Waals surface area contributed by atoms with E-state index < -0.39 is 0 Å². The molecule has 1 aromatic heterocycles. The first-order chi connectivity index (χ1) is 14.2. The summed E-state index contributed by atoms with van der Waals surface area (Å²) in [4.78, 5) is 15.0. The van der Waals surface area contributed by atoms with Gasteiger partial charge in [0.1, 0.15) is 5.76 Å². The number of fused-ring (bicyclic) bond motifs is 1. The number of rotatable bonds is 8.